The van der Waals surface area contributed by atoms with Crippen LogP contribution in [-0.2, 0) is 4.74 Å². The second-order valence-electron chi connectivity index (χ2n) is 3.62. The molecule has 0 aromatic carbocycles. The number of carbonyl (C=O) groups excluding carboxylic acids is 1. The third-order valence-corrected chi connectivity index (χ3v) is 2.80. The highest BCUT2D eigenvalue weighted by molar-refractivity contribution is 7.11. The van der Waals surface area contributed by atoms with Crippen molar-refractivity contribution in [3.05, 3.63) is 15.1 Å². The van der Waals surface area contributed by atoms with E-state index in [2.05, 4.69) is 4.37 Å². The predicted molar refractivity (Wildman–Crippen MR) is 57.3 cm³/mol. The lowest BCUT2D eigenvalue weighted by atomic mass is 10.2. The van der Waals surface area contributed by atoms with Crippen LogP contribution in [0.1, 0.15) is 31.3 Å². The quantitative estimate of drug-likeness (QED) is 0.721. The SMILES string of the molecule is CC(C)(C)OC(=O)c1nsc(Cl)c1Cl. The highest BCUT2D eigenvalue weighted by Gasteiger charge is 2.23. The number of halogens is 2. The molecule has 0 saturated carbocycles. The Hall–Kier alpha value is -0.320. The summed E-state index contributed by atoms with van der Waals surface area (Å²) in [5, 5.41) is 0.158. The number of carbonyl (C=O) groups is 1. The lowest BCUT2D eigenvalue weighted by Crippen LogP contribution is -2.24. The van der Waals surface area contributed by atoms with Gasteiger partial charge in [-0.25, -0.2) is 4.79 Å². The average Bonchev–Trinajstić information content (AvgIpc) is 2.29. The van der Waals surface area contributed by atoms with E-state index < -0.39 is 11.6 Å². The van der Waals surface area contributed by atoms with Gasteiger partial charge in [0.2, 0.25) is 0 Å². The van der Waals surface area contributed by atoms with E-state index in [9.17, 15) is 4.79 Å². The van der Waals surface area contributed by atoms with Gasteiger partial charge >= 0.3 is 5.97 Å². The average molecular weight is 254 g/mol. The first kappa shape index (κ1) is 11.8. The molecule has 1 rings (SSSR count). The van der Waals surface area contributed by atoms with Gasteiger partial charge in [-0.3, -0.25) is 0 Å². The Bertz CT molecular complexity index is 357. The molecule has 0 fully saturated rings. The second kappa shape index (κ2) is 4.04. The van der Waals surface area contributed by atoms with Crippen LogP contribution in [0.4, 0.5) is 0 Å². The van der Waals surface area contributed by atoms with Gasteiger partial charge in [-0.1, -0.05) is 23.2 Å². The van der Waals surface area contributed by atoms with Gasteiger partial charge < -0.3 is 4.74 Å². The minimum atomic E-state index is -0.559. The first-order chi connectivity index (χ1) is 6.31. The number of aromatic nitrogens is 1. The zero-order chi connectivity index (χ0) is 10.9. The van der Waals surface area contributed by atoms with Crippen LogP contribution in [0.3, 0.4) is 0 Å². The molecule has 6 heteroatoms. The van der Waals surface area contributed by atoms with Crippen LogP contribution in [0.5, 0.6) is 0 Å². The maximum atomic E-state index is 11.5. The molecule has 0 bridgehead atoms. The fraction of sp³-hybridized carbons (Fsp3) is 0.500. The summed E-state index contributed by atoms with van der Waals surface area (Å²) < 4.78 is 9.18. The maximum Gasteiger partial charge on any atom is 0.360 e. The second-order valence-corrected chi connectivity index (χ2v) is 5.37. The van der Waals surface area contributed by atoms with E-state index in [0.29, 0.717) is 4.34 Å². The first-order valence-electron chi connectivity index (χ1n) is 3.85. The van der Waals surface area contributed by atoms with E-state index in [1.807, 2.05) is 0 Å². The van der Waals surface area contributed by atoms with Crippen LogP contribution < -0.4 is 0 Å². The summed E-state index contributed by atoms with van der Waals surface area (Å²) in [5.74, 6) is -0.550. The van der Waals surface area contributed by atoms with Gasteiger partial charge in [0, 0.05) is 0 Å². The van der Waals surface area contributed by atoms with Crippen LogP contribution in [0.15, 0.2) is 0 Å². The van der Waals surface area contributed by atoms with Gasteiger partial charge in [0.15, 0.2) is 5.69 Å². The first-order valence-corrected chi connectivity index (χ1v) is 5.38. The van der Waals surface area contributed by atoms with E-state index in [1.165, 1.54) is 0 Å². The standard InChI is InChI=1S/C8H9Cl2NO2S/c1-8(2,3)13-7(12)5-4(9)6(10)14-11-5/h1-3H3. The third-order valence-electron chi connectivity index (χ3n) is 1.19. The van der Waals surface area contributed by atoms with E-state index in [0.717, 1.165) is 11.5 Å². The molecule has 14 heavy (non-hydrogen) atoms. The molecule has 0 amide bonds. The summed E-state index contributed by atoms with van der Waals surface area (Å²) in [6.07, 6.45) is 0. The molecule has 3 nitrogen and oxygen atoms in total. The van der Waals surface area contributed by atoms with Crippen molar-refractivity contribution < 1.29 is 9.53 Å². The Morgan fingerprint density at radius 2 is 2.00 bits per heavy atom. The van der Waals surface area contributed by atoms with Gasteiger partial charge in [0.1, 0.15) is 15.0 Å². The fourth-order valence-corrected chi connectivity index (χ4v) is 1.69. The van der Waals surface area contributed by atoms with Gasteiger partial charge in [-0.2, -0.15) is 4.37 Å². The Balaban J connectivity index is 2.86. The smallest absolute Gasteiger partial charge is 0.360 e. The van der Waals surface area contributed by atoms with Crippen molar-refractivity contribution in [2.45, 2.75) is 26.4 Å². The van der Waals surface area contributed by atoms with Crippen molar-refractivity contribution in [2.75, 3.05) is 0 Å². The van der Waals surface area contributed by atoms with Crippen molar-refractivity contribution in [2.24, 2.45) is 0 Å². The molecule has 0 aliphatic rings. The molecule has 0 aliphatic carbocycles. The normalized spacial score (nSPS) is 11.5. The van der Waals surface area contributed by atoms with Crippen LogP contribution in [0.2, 0.25) is 9.36 Å². The Kier molecular flexibility index (Phi) is 3.40. The minimum absolute atomic E-state index is 0.0802. The summed E-state index contributed by atoms with van der Waals surface area (Å²) in [7, 11) is 0. The molecular formula is C8H9Cl2NO2S. The van der Waals surface area contributed by atoms with E-state index in [4.69, 9.17) is 27.9 Å². The van der Waals surface area contributed by atoms with Gasteiger partial charge in [-0.15, -0.1) is 0 Å². The number of nitrogens with zero attached hydrogens (tertiary/aromatic N) is 1. The van der Waals surface area contributed by atoms with Crippen molar-refractivity contribution in [1.82, 2.24) is 4.37 Å². The highest BCUT2D eigenvalue weighted by atomic mass is 35.5. The molecule has 0 spiro atoms. The topological polar surface area (TPSA) is 39.2 Å². The predicted octanol–water partition coefficient (Wildman–Crippen LogP) is 3.41. The van der Waals surface area contributed by atoms with Crippen molar-refractivity contribution in [3.63, 3.8) is 0 Å². The molecule has 0 unspecified atom stereocenters. The molecule has 0 N–H and O–H groups in total. The molecule has 0 aliphatic heterocycles. The summed E-state index contributed by atoms with van der Waals surface area (Å²) in [4.78, 5) is 11.5. The zero-order valence-electron chi connectivity index (χ0n) is 7.93. The Morgan fingerprint density at radius 1 is 1.43 bits per heavy atom. The summed E-state index contributed by atoms with van der Waals surface area (Å²) in [5.41, 5.74) is -0.479. The van der Waals surface area contributed by atoms with Crippen LogP contribution in [-0.4, -0.2) is 15.9 Å². The minimum Gasteiger partial charge on any atom is -0.455 e. The highest BCUT2D eigenvalue weighted by Crippen LogP contribution is 2.30. The lowest BCUT2D eigenvalue weighted by molar-refractivity contribution is 0.00645. The Morgan fingerprint density at radius 3 is 2.36 bits per heavy atom. The molecule has 78 valence electrons. The van der Waals surface area contributed by atoms with Gasteiger partial charge in [-0.05, 0) is 32.3 Å². The summed E-state index contributed by atoms with van der Waals surface area (Å²) in [6.45, 7) is 5.31. The van der Waals surface area contributed by atoms with Gasteiger partial charge in [0.05, 0.1) is 0 Å². The molecular weight excluding hydrogens is 245 g/mol. The molecule has 1 aromatic heterocycles. The molecule has 0 saturated heterocycles. The number of ether oxygens (including phenoxy) is 1. The molecule has 1 aromatic rings. The van der Waals surface area contributed by atoms with Crippen LogP contribution >= 0.6 is 34.7 Å². The molecule has 1 heterocycles. The maximum absolute atomic E-state index is 11.5. The number of esters is 1. The van der Waals surface area contributed by atoms with Crippen molar-refractivity contribution in [3.8, 4) is 0 Å². The van der Waals surface area contributed by atoms with Gasteiger partial charge in [0.25, 0.3) is 0 Å². The largest absolute Gasteiger partial charge is 0.455 e. The van der Waals surface area contributed by atoms with E-state index in [-0.39, 0.29) is 10.7 Å². The van der Waals surface area contributed by atoms with E-state index >= 15 is 0 Å². The monoisotopic (exact) mass is 253 g/mol. The number of hydrogen-bond donors (Lipinski definition) is 0. The fourth-order valence-electron chi connectivity index (χ4n) is 0.712. The zero-order valence-corrected chi connectivity index (χ0v) is 10.3. The number of hydrogen-bond acceptors (Lipinski definition) is 4. The van der Waals surface area contributed by atoms with Crippen LogP contribution in [0, 0.1) is 0 Å². The van der Waals surface area contributed by atoms with Crippen molar-refractivity contribution >= 4 is 40.7 Å². The van der Waals surface area contributed by atoms with E-state index in [1.54, 1.807) is 20.8 Å². The molecule has 0 atom stereocenters. The Labute approximate surface area is 96.1 Å². The third kappa shape index (κ3) is 2.83. The summed E-state index contributed by atoms with van der Waals surface area (Å²) >= 11 is 12.4. The van der Waals surface area contributed by atoms with Crippen LogP contribution in [0.25, 0.3) is 0 Å². The number of rotatable bonds is 1. The van der Waals surface area contributed by atoms with Crippen molar-refractivity contribution in [1.29, 1.82) is 0 Å². The lowest BCUT2D eigenvalue weighted by Gasteiger charge is -2.18. The molecule has 0 radical (unpaired) electrons. The summed E-state index contributed by atoms with van der Waals surface area (Å²) in [6, 6.07) is 0.